The van der Waals surface area contributed by atoms with Crippen LogP contribution in [0.15, 0.2) is 17.5 Å². The minimum atomic E-state index is -1.43. The average molecular weight is 975 g/mol. The van der Waals surface area contributed by atoms with Gasteiger partial charge < -0.3 is 74.1 Å². The molecule has 69 heavy (non-hydrogen) atoms. The number of amides is 8. The molecule has 15 N–H and O–H groups in total. The van der Waals surface area contributed by atoms with Crippen molar-refractivity contribution in [3.63, 3.8) is 0 Å². The number of guanidine groups is 1. The second-order valence-corrected chi connectivity index (χ2v) is 18.0. The number of aliphatic carboxylic acids is 2. The Morgan fingerprint density at radius 2 is 1.36 bits per heavy atom. The Balaban J connectivity index is 1.69. The van der Waals surface area contributed by atoms with Gasteiger partial charge >= 0.3 is 11.9 Å². The topological polar surface area (TPSA) is 409 Å². The molecule has 0 saturated carbocycles. The number of carboxylic acid groups (broad SMARTS) is 2. The summed E-state index contributed by atoms with van der Waals surface area (Å²) < 4.78 is 0. The zero-order valence-electron chi connectivity index (χ0n) is 39.8. The van der Waals surface area contributed by atoms with E-state index in [9.17, 15) is 58.2 Å². The molecular weight excluding hydrogens is 905 g/mol. The Hall–Kier alpha value is -6.86. The minimum Gasteiger partial charge on any atom is -0.481 e. The number of carboxylic acids is 2. The lowest BCUT2D eigenvalue weighted by atomic mass is 10.0. The van der Waals surface area contributed by atoms with Gasteiger partial charge in [-0.2, -0.15) is 0 Å². The number of rotatable bonds is 27. The third-order valence-corrected chi connectivity index (χ3v) is 11.6. The molecule has 0 unspecified atom stereocenters. The van der Waals surface area contributed by atoms with E-state index < -0.39 is 126 Å². The fourth-order valence-corrected chi connectivity index (χ4v) is 7.97. The van der Waals surface area contributed by atoms with E-state index in [1.54, 1.807) is 13.8 Å². The van der Waals surface area contributed by atoms with Crippen LogP contribution in [0.2, 0.25) is 0 Å². The van der Waals surface area contributed by atoms with Crippen molar-refractivity contribution < 1.29 is 58.2 Å². The van der Waals surface area contributed by atoms with Gasteiger partial charge in [-0.25, -0.2) is 9.78 Å². The number of aromatic nitrogens is 2. The number of H-pyrrole nitrogens is 1. The van der Waals surface area contributed by atoms with Crippen molar-refractivity contribution in [2.45, 2.75) is 147 Å². The van der Waals surface area contributed by atoms with E-state index in [1.165, 1.54) is 29.2 Å². The summed E-state index contributed by atoms with van der Waals surface area (Å²) in [4.78, 5) is 145. The van der Waals surface area contributed by atoms with E-state index in [0.29, 0.717) is 18.5 Å². The highest BCUT2D eigenvalue weighted by atomic mass is 16.4. The predicted molar refractivity (Wildman–Crippen MR) is 247 cm³/mol. The number of imidazole rings is 1. The molecule has 3 rings (SSSR count). The summed E-state index contributed by atoms with van der Waals surface area (Å²) in [6, 6.07) is -9.41. The lowest BCUT2D eigenvalue weighted by Crippen LogP contribution is -2.59. The summed E-state index contributed by atoms with van der Waals surface area (Å²) in [5.74, 6) is -8.94. The van der Waals surface area contributed by atoms with E-state index in [-0.39, 0.29) is 76.5 Å². The van der Waals surface area contributed by atoms with Crippen LogP contribution in [0.3, 0.4) is 0 Å². The lowest BCUT2D eigenvalue weighted by Gasteiger charge is -2.31. The van der Waals surface area contributed by atoms with Gasteiger partial charge in [-0.05, 0) is 70.1 Å². The molecule has 0 spiro atoms. The number of likely N-dealkylation sites (tertiary alicyclic amines) is 2. The first-order valence-electron chi connectivity index (χ1n) is 23.1. The second-order valence-electron chi connectivity index (χ2n) is 18.0. The Morgan fingerprint density at radius 1 is 0.783 bits per heavy atom. The van der Waals surface area contributed by atoms with Gasteiger partial charge in [0.1, 0.15) is 42.3 Å². The summed E-state index contributed by atoms with van der Waals surface area (Å²) in [6.07, 6.45) is 3.80. The van der Waals surface area contributed by atoms with Crippen LogP contribution >= 0.6 is 0 Å². The van der Waals surface area contributed by atoms with Crippen LogP contribution in [0.1, 0.15) is 98.1 Å². The number of aromatic amines is 1. The third-order valence-electron chi connectivity index (χ3n) is 11.6. The fraction of sp³-hybridized carbons (Fsp3) is 0.674. The number of aliphatic imine (C=N–C) groups is 1. The maximum Gasteiger partial charge on any atom is 0.326 e. The number of nitrogens with zero attached hydrogens (tertiary/aromatic N) is 4. The highest BCUT2D eigenvalue weighted by Crippen LogP contribution is 2.22. The van der Waals surface area contributed by atoms with Crippen molar-refractivity contribution in [3.05, 3.63) is 18.2 Å². The van der Waals surface area contributed by atoms with Gasteiger partial charge in [0.15, 0.2) is 5.96 Å². The summed E-state index contributed by atoms with van der Waals surface area (Å²) in [7, 11) is 0. The summed E-state index contributed by atoms with van der Waals surface area (Å²) in [5, 5.41) is 34.3. The van der Waals surface area contributed by atoms with Crippen LogP contribution in [0.4, 0.5) is 0 Å². The second kappa shape index (κ2) is 27.2. The van der Waals surface area contributed by atoms with Gasteiger partial charge in [0, 0.05) is 44.4 Å². The standard InChI is InChI=1S/C43H70N14O12/c1-22(2)17-29(54-36(62)26(44)18-25-19-47-21-50-25)37(63)49-20-32(58)52-27(9-6-14-48-43(45)46)40(66)56-15-7-10-30(56)38(64)51-24(5)35(61)53-28(12-13-33(59)60)41(67)57-16-8-11-31(57)39(65)55-34(23(3)4)42(68)69/h19,21-24,26-31,34H,6-18,20,44H2,1-5H3,(H,47,50)(H,49,63)(H,51,64)(H,52,58)(H,53,61)(H,54,62)(H,55,65)(H,59,60)(H,68,69)(H4,45,46,48)/t24-,26-,27-,28-,29-,30-,31-,34-/m0/s1. The van der Waals surface area contributed by atoms with Crippen LogP contribution in [-0.2, 0) is 54.4 Å². The Morgan fingerprint density at radius 3 is 1.88 bits per heavy atom. The van der Waals surface area contributed by atoms with Crippen molar-refractivity contribution >= 4 is 65.2 Å². The van der Waals surface area contributed by atoms with Crippen LogP contribution in [0.25, 0.3) is 0 Å². The quantitative estimate of drug-likeness (QED) is 0.0231. The van der Waals surface area contributed by atoms with Gasteiger partial charge in [-0.1, -0.05) is 27.7 Å². The van der Waals surface area contributed by atoms with Crippen molar-refractivity contribution in [2.24, 2.45) is 34.0 Å². The number of hydrogen-bond acceptors (Lipinski definition) is 13. The van der Waals surface area contributed by atoms with E-state index in [0.717, 1.165) is 0 Å². The van der Waals surface area contributed by atoms with E-state index in [2.05, 4.69) is 46.9 Å². The highest BCUT2D eigenvalue weighted by Gasteiger charge is 2.41. The molecule has 0 bridgehead atoms. The number of nitrogens with one attached hydrogen (secondary N) is 7. The number of hydrogen-bond donors (Lipinski definition) is 12. The molecule has 3 heterocycles. The number of carbonyl (C=O) groups excluding carboxylic acids is 8. The van der Waals surface area contributed by atoms with Crippen LogP contribution in [0, 0.1) is 11.8 Å². The van der Waals surface area contributed by atoms with Gasteiger partial charge in [-0.15, -0.1) is 0 Å². The van der Waals surface area contributed by atoms with Gasteiger partial charge in [-0.3, -0.25) is 48.1 Å². The molecule has 8 amide bonds. The third kappa shape index (κ3) is 18.0. The molecule has 384 valence electrons. The Kier molecular flexibility index (Phi) is 22.3. The minimum absolute atomic E-state index is 0.0162. The number of carbonyl (C=O) groups is 10. The first-order valence-corrected chi connectivity index (χ1v) is 23.1. The van der Waals surface area contributed by atoms with Crippen molar-refractivity contribution in [2.75, 3.05) is 26.2 Å². The maximum absolute atomic E-state index is 14.1. The van der Waals surface area contributed by atoms with Crippen molar-refractivity contribution in [1.29, 1.82) is 0 Å². The van der Waals surface area contributed by atoms with E-state index >= 15 is 0 Å². The molecule has 2 aliphatic heterocycles. The lowest BCUT2D eigenvalue weighted by molar-refractivity contribution is -0.146. The molecule has 2 aliphatic rings. The highest BCUT2D eigenvalue weighted by molar-refractivity contribution is 5.98. The summed E-state index contributed by atoms with van der Waals surface area (Å²) >= 11 is 0. The molecule has 26 nitrogen and oxygen atoms in total. The molecule has 2 saturated heterocycles. The zero-order valence-corrected chi connectivity index (χ0v) is 39.8. The first kappa shape index (κ1) is 56.5. The molecule has 0 aromatic carbocycles. The van der Waals surface area contributed by atoms with Gasteiger partial charge in [0.2, 0.25) is 47.3 Å². The fourth-order valence-electron chi connectivity index (χ4n) is 7.97. The molecule has 0 aliphatic carbocycles. The van der Waals surface area contributed by atoms with Crippen molar-refractivity contribution in [1.82, 2.24) is 51.7 Å². The largest absolute Gasteiger partial charge is 0.481 e. The van der Waals surface area contributed by atoms with Crippen molar-refractivity contribution in [3.8, 4) is 0 Å². The van der Waals surface area contributed by atoms with Crippen LogP contribution in [-0.4, -0.2) is 170 Å². The van der Waals surface area contributed by atoms with E-state index in [4.69, 9.17) is 17.2 Å². The van der Waals surface area contributed by atoms with E-state index in [1.807, 2.05) is 13.8 Å². The Labute approximate surface area is 399 Å². The Bertz CT molecular complexity index is 2010. The van der Waals surface area contributed by atoms with Crippen LogP contribution < -0.4 is 49.1 Å². The first-order chi connectivity index (χ1) is 32.5. The zero-order chi connectivity index (χ0) is 51.5. The molecule has 2 fully saturated rings. The smallest absolute Gasteiger partial charge is 0.326 e. The molecule has 1 aromatic rings. The average Bonchev–Trinajstić information content (AvgIpc) is 4.09. The molecule has 8 atom stereocenters. The monoisotopic (exact) mass is 975 g/mol. The molecule has 0 radical (unpaired) electrons. The van der Waals surface area contributed by atoms with Gasteiger partial charge in [0.05, 0.1) is 18.9 Å². The van der Waals surface area contributed by atoms with Gasteiger partial charge in [0.25, 0.3) is 0 Å². The summed E-state index contributed by atoms with van der Waals surface area (Å²) in [5.41, 5.74) is 17.6. The molecule has 1 aromatic heterocycles. The molecular formula is C43H70N14O12. The maximum atomic E-state index is 14.1. The summed E-state index contributed by atoms with van der Waals surface area (Å²) in [6.45, 7) is 7.94. The number of nitrogens with two attached hydrogens (primary N) is 3. The molecule has 26 heteroatoms. The van der Waals surface area contributed by atoms with Crippen LogP contribution in [0.5, 0.6) is 0 Å². The SMILES string of the molecule is CC(C)C[C@H](NC(=O)[C@@H](N)Cc1cnc[nH]1)C(=O)NCC(=O)N[C@@H](CCCN=C(N)N)C(=O)N1CCC[C@H]1C(=O)N[C@@H](C)C(=O)N[C@@H](CCC(=O)O)C(=O)N1CCC[C@H]1C(=O)N[C@H](C(=O)O)C(C)C. The normalized spacial score (nSPS) is 18.2. The predicted octanol–water partition coefficient (Wildman–Crippen LogP) is -3.47.